The van der Waals surface area contributed by atoms with Gasteiger partial charge in [0.05, 0.1) is 6.61 Å². The van der Waals surface area contributed by atoms with E-state index in [9.17, 15) is 14.7 Å². The summed E-state index contributed by atoms with van der Waals surface area (Å²) in [6.45, 7) is 7.26. The van der Waals surface area contributed by atoms with Crippen molar-refractivity contribution in [2.45, 2.75) is 26.4 Å². The number of hydrogen-bond acceptors (Lipinski definition) is 6. The first-order chi connectivity index (χ1) is 12.5. The minimum Gasteiger partial charge on any atom is -0.491 e. The zero-order valence-corrected chi connectivity index (χ0v) is 15.5. The van der Waals surface area contributed by atoms with Crippen molar-refractivity contribution in [3.8, 4) is 5.75 Å². The van der Waals surface area contributed by atoms with Crippen LogP contribution in [-0.4, -0.2) is 78.8 Å². The Morgan fingerprint density at radius 3 is 2.35 bits per heavy atom. The van der Waals surface area contributed by atoms with Crippen LogP contribution in [0.4, 0.5) is 4.79 Å². The zero-order valence-electron chi connectivity index (χ0n) is 15.5. The van der Waals surface area contributed by atoms with E-state index < -0.39 is 6.10 Å². The molecule has 0 saturated carbocycles. The number of aliphatic hydroxyl groups is 1. The van der Waals surface area contributed by atoms with Crippen molar-refractivity contribution in [2.24, 2.45) is 0 Å². The number of ether oxygens (including phenoxy) is 2. The molecular formula is C19H28N2O5. The fourth-order valence-electron chi connectivity index (χ4n) is 2.81. The van der Waals surface area contributed by atoms with Gasteiger partial charge in [-0.3, -0.25) is 9.69 Å². The van der Waals surface area contributed by atoms with Crippen LogP contribution in [0.2, 0.25) is 0 Å². The van der Waals surface area contributed by atoms with Crippen molar-refractivity contribution < 1.29 is 24.2 Å². The summed E-state index contributed by atoms with van der Waals surface area (Å²) >= 11 is 0. The van der Waals surface area contributed by atoms with Crippen molar-refractivity contribution in [1.29, 1.82) is 0 Å². The highest BCUT2D eigenvalue weighted by Crippen LogP contribution is 2.14. The molecule has 1 atom stereocenters. The van der Waals surface area contributed by atoms with Crippen LogP contribution < -0.4 is 4.74 Å². The van der Waals surface area contributed by atoms with Crippen LogP contribution in [0.5, 0.6) is 5.75 Å². The molecule has 1 aliphatic rings. The number of ketones is 1. The third-order valence-electron chi connectivity index (χ3n) is 4.31. The first kappa shape index (κ1) is 20.2. The summed E-state index contributed by atoms with van der Waals surface area (Å²) in [5.74, 6) is 0.724. The first-order valence-electron chi connectivity index (χ1n) is 9.11. The van der Waals surface area contributed by atoms with Crippen LogP contribution in [0.25, 0.3) is 0 Å². The maximum Gasteiger partial charge on any atom is 0.409 e. The molecule has 7 nitrogen and oxygen atoms in total. The Balaban J connectivity index is 1.70. The minimum absolute atomic E-state index is 0.0959. The van der Waals surface area contributed by atoms with Gasteiger partial charge < -0.3 is 19.5 Å². The third kappa shape index (κ3) is 6.00. The molecule has 1 fully saturated rings. The van der Waals surface area contributed by atoms with E-state index in [1.807, 2.05) is 6.92 Å². The second-order valence-corrected chi connectivity index (χ2v) is 6.25. The molecule has 7 heteroatoms. The number of aliphatic hydroxyl groups excluding tert-OH is 1. The van der Waals surface area contributed by atoms with E-state index in [0.29, 0.717) is 57.1 Å². The van der Waals surface area contributed by atoms with Crippen LogP contribution in [0, 0.1) is 0 Å². The number of hydrogen-bond donors (Lipinski definition) is 1. The molecule has 1 aliphatic heterocycles. The Hall–Kier alpha value is -2.12. The fourth-order valence-corrected chi connectivity index (χ4v) is 2.81. The molecule has 2 rings (SSSR count). The van der Waals surface area contributed by atoms with Crippen LogP contribution >= 0.6 is 0 Å². The summed E-state index contributed by atoms with van der Waals surface area (Å²) in [6.07, 6.45) is -0.426. The molecule has 1 amide bonds. The molecule has 1 saturated heterocycles. The predicted octanol–water partition coefficient (Wildman–Crippen LogP) is 1.79. The van der Waals surface area contributed by atoms with Crippen molar-refractivity contribution >= 4 is 11.9 Å². The SMILES string of the molecule is CCOC(=O)N1CCN(CC(O)COc2ccc(C(=O)CC)cc2)CC1. The second-order valence-electron chi connectivity index (χ2n) is 6.25. The molecule has 144 valence electrons. The summed E-state index contributed by atoms with van der Waals surface area (Å²) in [5, 5.41) is 10.2. The van der Waals surface area contributed by atoms with Gasteiger partial charge in [-0.25, -0.2) is 4.79 Å². The standard InChI is InChI=1S/C19H28N2O5/c1-3-18(23)15-5-7-17(8-6-15)26-14-16(22)13-20-9-11-21(12-10-20)19(24)25-4-2/h5-8,16,22H,3-4,9-14H2,1-2H3. The lowest BCUT2D eigenvalue weighted by Gasteiger charge is -2.34. The lowest BCUT2D eigenvalue weighted by Crippen LogP contribution is -2.51. The van der Waals surface area contributed by atoms with E-state index in [-0.39, 0.29) is 18.5 Å². The van der Waals surface area contributed by atoms with E-state index in [1.165, 1.54) is 0 Å². The number of benzene rings is 1. The smallest absolute Gasteiger partial charge is 0.409 e. The van der Waals surface area contributed by atoms with Crippen molar-refractivity contribution in [1.82, 2.24) is 9.80 Å². The molecular weight excluding hydrogens is 336 g/mol. The summed E-state index contributed by atoms with van der Waals surface area (Å²) in [4.78, 5) is 27.0. The van der Waals surface area contributed by atoms with Crippen LogP contribution in [0.3, 0.4) is 0 Å². The number of nitrogens with zero attached hydrogens (tertiary/aromatic N) is 2. The van der Waals surface area contributed by atoms with Gasteiger partial charge in [0.2, 0.25) is 0 Å². The number of β-amino-alcohol motifs (C(OH)–C–C–N with tert-alkyl or cyclic N) is 1. The quantitative estimate of drug-likeness (QED) is 0.709. The lowest BCUT2D eigenvalue weighted by molar-refractivity contribution is 0.0407. The second kappa shape index (κ2) is 10.1. The maximum absolute atomic E-state index is 11.7. The van der Waals surface area contributed by atoms with Gasteiger partial charge in [0, 0.05) is 44.7 Å². The van der Waals surface area contributed by atoms with Crippen LogP contribution in [0.1, 0.15) is 30.6 Å². The molecule has 1 N–H and O–H groups in total. The highest BCUT2D eigenvalue weighted by molar-refractivity contribution is 5.95. The molecule has 0 bridgehead atoms. The normalized spacial score (nSPS) is 16.2. The average Bonchev–Trinajstić information content (AvgIpc) is 2.67. The number of Topliss-reactive ketones (excluding diaryl/α,β-unsaturated/α-hetero) is 1. The highest BCUT2D eigenvalue weighted by atomic mass is 16.6. The maximum atomic E-state index is 11.7. The van der Waals surface area contributed by atoms with Gasteiger partial charge in [0.1, 0.15) is 18.5 Å². The Bertz CT molecular complexity index is 582. The van der Waals surface area contributed by atoms with Gasteiger partial charge in [-0.1, -0.05) is 6.92 Å². The summed E-state index contributed by atoms with van der Waals surface area (Å²) < 4.78 is 10.6. The Labute approximate surface area is 154 Å². The molecule has 0 radical (unpaired) electrons. The lowest BCUT2D eigenvalue weighted by atomic mass is 10.1. The molecule has 1 aromatic carbocycles. The van der Waals surface area contributed by atoms with Gasteiger partial charge in [-0.2, -0.15) is 0 Å². The summed E-state index contributed by atoms with van der Waals surface area (Å²) in [6, 6.07) is 6.96. The number of amides is 1. The highest BCUT2D eigenvalue weighted by Gasteiger charge is 2.23. The van der Waals surface area contributed by atoms with E-state index >= 15 is 0 Å². The van der Waals surface area contributed by atoms with Crippen molar-refractivity contribution in [3.63, 3.8) is 0 Å². The number of rotatable bonds is 8. The molecule has 1 aromatic rings. The minimum atomic E-state index is -0.624. The Morgan fingerprint density at radius 2 is 1.77 bits per heavy atom. The van der Waals surface area contributed by atoms with E-state index in [2.05, 4.69) is 4.90 Å². The third-order valence-corrected chi connectivity index (χ3v) is 4.31. The molecule has 1 unspecified atom stereocenters. The number of piperazine rings is 1. The van der Waals surface area contributed by atoms with Gasteiger partial charge in [0.15, 0.2) is 5.78 Å². The van der Waals surface area contributed by atoms with Crippen molar-refractivity contribution in [3.05, 3.63) is 29.8 Å². The topological polar surface area (TPSA) is 79.3 Å². The first-order valence-corrected chi connectivity index (χ1v) is 9.11. The summed E-state index contributed by atoms with van der Waals surface area (Å²) in [7, 11) is 0. The molecule has 0 aromatic heterocycles. The van der Waals surface area contributed by atoms with E-state index in [0.717, 1.165) is 0 Å². The van der Waals surface area contributed by atoms with Crippen LogP contribution in [0.15, 0.2) is 24.3 Å². The predicted molar refractivity (Wildman–Crippen MR) is 97.6 cm³/mol. The molecule has 0 spiro atoms. The van der Waals surface area contributed by atoms with E-state index in [1.54, 1.807) is 36.1 Å². The largest absolute Gasteiger partial charge is 0.491 e. The molecule has 0 aliphatic carbocycles. The average molecular weight is 364 g/mol. The van der Waals surface area contributed by atoms with Crippen molar-refractivity contribution in [2.75, 3.05) is 45.9 Å². The zero-order chi connectivity index (χ0) is 18.9. The molecule has 1 heterocycles. The van der Waals surface area contributed by atoms with Gasteiger partial charge in [0.25, 0.3) is 0 Å². The van der Waals surface area contributed by atoms with Gasteiger partial charge >= 0.3 is 6.09 Å². The van der Waals surface area contributed by atoms with E-state index in [4.69, 9.17) is 9.47 Å². The fraction of sp³-hybridized carbons (Fsp3) is 0.579. The number of carbonyl (C=O) groups excluding carboxylic acids is 2. The summed E-state index contributed by atoms with van der Waals surface area (Å²) in [5.41, 5.74) is 0.667. The number of carbonyl (C=O) groups is 2. The monoisotopic (exact) mass is 364 g/mol. The Kier molecular flexibility index (Phi) is 7.87. The Morgan fingerprint density at radius 1 is 1.12 bits per heavy atom. The van der Waals surface area contributed by atoms with Crippen LogP contribution in [-0.2, 0) is 4.74 Å². The molecule has 26 heavy (non-hydrogen) atoms. The van der Waals surface area contributed by atoms with Gasteiger partial charge in [-0.05, 0) is 31.2 Å². The van der Waals surface area contributed by atoms with Gasteiger partial charge in [-0.15, -0.1) is 0 Å².